The first-order valence-corrected chi connectivity index (χ1v) is 8.00. The summed E-state index contributed by atoms with van der Waals surface area (Å²) in [6, 6.07) is 3.49. The highest BCUT2D eigenvalue weighted by Gasteiger charge is 2.43. The number of fused-ring (bicyclic) bond motifs is 1. The average Bonchev–Trinajstić information content (AvgIpc) is 2.98. The number of carbonyl (C=O) groups is 2. The summed E-state index contributed by atoms with van der Waals surface area (Å²) in [4.78, 5) is 23.7. The third kappa shape index (κ3) is 3.28. The summed E-state index contributed by atoms with van der Waals surface area (Å²) in [5.74, 6) is -0.252. The van der Waals surface area contributed by atoms with E-state index in [0.29, 0.717) is 41.4 Å². The first kappa shape index (κ1) is 16.1. The number of benzene rings is 1. The van der Waals surface area contributed by atoms with Crippen molar-refractivity contribution in [3.8, 4) is 11.5 Å². The van der Waals surface area contributed by atoms with Crippen molar-refractivity contribution in [2.24, 2.45) is 0 Å². The highest BCUT2D eigenvalue weighted by Crippen LogP contribution is 2.35. The molecule has 23 heavy (non-hydrogen) atoms. The van der Waals surface area contributed by atoms with Crippen LogP contribution >= 0.6 is 15.9 Å². The quantitative estimate of drug-likeness (QED) is 0.806. The SMILES string of the molecule is O=C(Cc1cc2c(cc1Br)OCCO2)NC1(C(=O)O)CCOC1. The number of rotatable bonds is 4. The Hall–Kier alpha value is -1.80. The molecule has 0 radical (unpaired) electrons. The van der Waals surface area contributed by atoms with E-state index >= 15 is 0 Å². The van der Waals surface area contributed by atoms with Crippen molar-refractivity contribution < 1.29 is 28.9 Å². The molecule has 2 heterocycles. The molecule has 7 nitrogen and oxygen atoms in total. The van der Waals surface area contributed by atoms with Gasteiger partial charge in [0.05, 0.1) is 13.0 Å². The number of ether oxygens (including phenoxy) is 3. The molecule has 1 aromatic carbocycles. The van der Waals surface area contributed by atoms with Crippen LogP contribution in [0.5, 0.6) is 11.5 Å². The second-order valence-corrected chi connectivity index (χ2v) is 6.36. The number of nitrogens with one attached hydrogen (secondary N) is 1. The summed E-state index contributed by atoms with van der Waals surface area (Å²) >= 11 is 3.40. The largest absolute Gasteiger partial charge is 0.486 e. The maximum atomic E-state index is 12.3. The lowest BCUT2D eigenvalue weighted by Gasteiger charge is -2.24. The van der Waals surface area contributed by atoms with E-state index in [1.54, 1.807) is 12.1 Å². The van der Waals surface area contributed by atoms with Gasteiger partial charge in [0.1, 0.15) is 13.2 Å². The topological polar surface area (TPSA) is 94.1 Å². The van der Waals surface area contributed by atoms with Crippen molar-refractivity contribution in [2.45, 2.75) is 18.4 Å². The molecular weight excluding hydrogens is 370 g/mol. The first-order chi connectivity index (χ1) is 11.0. The number of hydrogen-bond acceptors (Lipinski definition) is 5. The van der Waals surface area contributed by atoms with Gasteiger partial charge in [-0.1, -0.05) is 15.9 Å². The maximum absolute atomic E-state index is 12.3. The molecule has 2 aliphatic rings. The van der Waals surface area contributed by atoms with Gasteiger partial charge in [-0.25, -0.2) is 4.79 Å². The third-order valence-electron chi connectivity index (χ3n) is 3.87. The second-order valence-electron chi connectivity index (χ2n) is 5.50. The predicted octanol–water partition coefficient (Wildman–Crippen LogP) is 1.12. The van der Waals surface area contributed by atoms with E-state index in [1.807, 2.05) is 0 Å². The maximum Gasteiger partial charge on any atom is 0.331 e. The van der Waals surface area contributed by atoms with Crippen LogP contribution in [0.3, 0.4) is 0 Å². The van der Waals surface area contributed by atoms with Crippen LogP contribution in [-0.2, 0) is 20.7 Å². The van der Waals surface area contributed by atoms with Crippen LogP contribution in [0.15, 0.2) is 16.6 Å². The van der Waals surface area contributed by atoms with Crippen LogP contribution < -0.4 is 14.8 Å². The number of aliphatic carboxylic acids is 1. The van der Waals surface area contributed by atoms with Crippen LogP contribution in [0.25, 0.3) is 0 Å². The summed E-state index contributed by atoms with van der Waals surface area (Å²) < 4.78 is 16.8. The molecule has 1 aromatic rings. The lowest BCUT2D eigenvalue weighted by molar-refractivity contribution is -0.147. The van der Waals surface area contributed by atoms with E-state index in [1.165, 1.54) is 0 Å². The van der Waals surface area contributed by atoms with E-state index in [9.17, 15) is 14.7 Å². The zero-order valence-electron chi connectivity index (χ0n) is 12.3. The number of carboxylic acid groups (broad SMARTS) is 1. The van der Waals surface area contributed by atoms with E-state index in [0.717, 1.165) is 0 Å². The first-order valence-electron chi connectivity index (χ1n) is 7.20. The molecular formula is C15H16BrNO6. The third-order valence-corrected chi connectivity index (χ3v) is 4.61. The number of carbonyl (C=O) groups excluding carboxylic acids is 1. The Balaban J connectivity index is 1.74. The normalized spacial score (nSPS) is 22.7. The molecule has 1 unspecified atom stereocenters. The minimum absolute atomic E-state index is 0.0175. The lowest BCUT2D eigenvalue weighted by Crippen LogP contribution is -2.55. The molecule has 1 saturated heterocycles. The molecule has 0 spiro atoms. The molecule has 0 saturated carbocycles. The zero-order chi connectivity index (χ0) is 16.4. The Morgan fingerprint density at radius 3 is 2.52 bits per heavy atom. The van der Waals surface area contributed by atoms with Crippen molar-refractivity contribution in [2.75, 3.05) is 26.4 Å². The summed E-state index contributed by atoms with van der Waals surface area (Å²) in [6.07, 6.45) is 0.294. The van der Waals surface area contributed by atoms with Crippen molar-refractivity contribution in [1.29, 1.82) is 0 Å². The molecule has 2 aliphatic heterocycles. The molecule has 3 rings (SSSR count). The summed E-state index contributed by atoms with van der Waals surface area (Å²) in [5, 5.41) is 11.9. The average molecular weight is 386 g/mol. The molecule has 8 heteroatoms. The van der Waals surface area contributed by atoms with Gasteiger partial charge in [0, 0.05) is 17.5 Å². The Bertz CT molecular complexity index is 641. The fourth-order valence-corrected chi connectivity index (χ4v) is 3.07. The summed E-state index contributed by atoms with van der Waals surface area (Å²) in [5.41, 5.74) is -0.636. The van der Waals surface area contributed by atoms with E-state index in [-0.39, 0.29) is 25.4 Å². The molecule has 124 valence electrons. The molecule has 0 aromatic heterocycles. The minimum atomic E-state index is -1.34. The Morgan fingerprint density at radius 1 is 1.22 bits per heavy atom. The van der Waals surface area contributed by atoms with Crippen molar-refractivity contribution in [1.82, 2.24) is 5.32 Å². The van der Waals surface area contributed by atoms with Gasteiger partial charge in [-0.3, -0.25) is 4.79 Å². The van der Waals surface area contributed by atoms with Gasteiger partial charge < -0.3 is 24.6 Å². The van der Waals surface area contributed by atoms with E-state index in [2.05, 4.69) is 21.2 Å². The number of hydrogen-bond donors (Lipinski definition) is 2. The van der Waals surface area contributed by atoms with Crippen LogP contribution in [0.4, 0.5) is 0 Å². The molecule has 1 amide bonds. The molecule has 0 bridgehead atoms. The van der Waals surface area contributed by atoms with Gasteiger partial charge in [-0.05, 0) is 17.7 Å². The van der Waals surface area contributed by atoms with Crippen LogP contribution in [0.1, 0.15) is 12.0 Å². The molecule has 1 fully saturated rings. The van der Waals surface area contributed by atoms with Gasteiger partial charge in [-0.15, -0.1) is 0 Å². The summed E-state index contributed by atoms with van der Waals surface area (Å²) in [7, 11) is 0. The lowest BCUT2D eigenvalue weighted by atomic mass is 9.98. The molecule has 2 N–H and O–H groups in total. The van der Waals surface area contributed by atoms with Gasteiger partial charge in [-0.2, -0.15) is 0 Å². The monoisotopic (exact) mass is 385 g/mol. The highest BCUT2D eigenvalue weighted by molar-refractivity contribution is 9.10. The Labute approximate surface area is 141 Å². The molecule has 0 aliphatic carbocycles. The number of amides is 1. The van der Waals surface area contributed by atoms with Crippen molar-refractivity contribution in [3.05, 3.63) is 22.2 Å². The fraction of sp³-hybridized carbons (Fsp3) is 0.467. The second kappa shape index (κ2) is 6.37. The predicted molar refractivity (Wildman–Crippen MR) is 82.8 cm³/mol. The molecule has 1 atom stereocenters. The minimum Gasteiger partial charge on any atom is -0.486 e. The summed E-state index contributed by atoms with van der Waals surface area (Å²) in [6.45, 7) is 1.25. The van der Waals surface area contributed by atoms with Gasteiger partial charge in [0.2, 0.25) is 5.91 Å². The van der Waals surface area contributed by atoms with Gasteiger partial charge in [0.15, 0.2) is 17.0 Å². The Morgan fingerprint density at radius 2 is 1.91 bits per heavy atom. The highest BCUT2D eigenvalue weighted by atomic mass is 79.9. The van der Waals surface area contributed by atoms with Crippen molar-refractivity contribution >= 4 is 27.8 Å². The van der Waals surface area contributed by atoms with Crippen molar-refractivity contribution in [3.63, 3.8) is 0 Å². The van der Waals surface area contributed by atoms with Gasteiger partial charge in [0.25, 0.3) is 0 Å². The number of carboxylic acids is 1. The van der Waals surface area contributed by atoms with Crippen LogP contribution in [-0.4, -0.2) is 48.9 Å². The van der Waals surface area contributed by atoms with Gasteiger partial charge >= 0.3 is 5.97 Å². The smallest absolute Gasteiger partial charge is 0.331 e. The van der Waals surface area contributed by atoms with E-state index in [4.69, 9.17) is 14.2 Å². The number of halogens is 1. The Kier molecular flexibility index (Phi) is 4.45. The standard InChI is InChI=1S/C15H16BrNO6/c16-10-7-12-11(22-3-4-23-12)5-9(10)6-13(18)17-15(14(19)20)1-2-21-8-15/h5,7H,1-4,6,8H2,(H,17,18)(H,19,20). The van der Waals surface area contributed by atoms with Crippen LogP contribution in [0, 0.1) is 0 Å². The van der Waals surface area contributed by atoms with E-state index < -0.39 is 11.5 Å². The fourth-order valence-electron chi connectivity index (χ4n) is 2.61. The van der Waals surface area contributed by atoms with Crippen LogP contribution in [0.2, 0.25) is 0 Å². The zero-order valence-corrected chi connectivity index (χ0v) is 13.8.